The minimum absolute atomic E-state index is 0.0980. The summed E-state index contributed by atoms with van der Waals surface area (Å²) in [6, 6.07) is 12.1. The highest BCUT2D eigenvalue weighted by Gasteiger charge is 2.19. The number of fused-ring (bicyclic) bond motifs is 1. The number of hydrogen-bond acceptors (Lipinski definition) is 3. The van der Waals surface area contributed by atoms with E-state index in [1.807, 2.05) is 54.2 Å². The lowest BCUT2D eigenvalue weighted by Crippen LogP contribution is -2.25. The summed E-state index contributed by atoms with van der Waals surface area (Å²) in [5.41, 5.74) is 2.66. The van der Waals surface area contributed by atoms with Crippen LogP contribution in [0.1, 0.15) is 28.9 Å². The molecule has 0 atom stereocenters. The molecule has 1 saturated heterocycles. The SMILES string of the molecule is Cn1c(C(=O)NCc2ccc(N3CCCC3)nc2)c(Br)c2ccccc21. The van der Waals surface area contributed by atoms with E-state index < -0.39 is 0 Å². The normalized spacial score (nSPS) is 14.2. The second-order valence-corrected chi connectivity index (χ2v) is 7.43. The van der Waals surface area contributed by atoms with Gasteiger partial charge in [-0.1, -0.05) is 24.3 Å². The Labute approximate surface area is 161 Å². The number of nitrogens with zero attached hydrogens (tertiary/aromatic N) is 3. The van der Waals surface area contributed by atoms with Gasteiger partial charge in [-0.3, -0.25) is 4.79 Å². The summed E-state index contributed by atoms with van der Waals surface area (Å²) in [6.45, 7) is 2.62. The van der Waals surface area contributed by atoms with E-state index in [0.29, 0.717) is 12.2 Å². The smallest absolute Gasteiger partial charge is 0.269 e. The van der Waals surface area contributed by atoms with Crippen LogP contribution in [0.4, 0.5) is 5.82 Å². The number of pyridine rings is 1. The van der Waals surface area contributed by atoms with E-state index in [0.717, 1.165) is 39.8 Å². The topological polar surface area (TPSA) is 50.2 Å². The Kier molecular flexibility index (Phi) is 4.68. The van der Waals surface area contributed by atoms with Gasteiger partial charge >= 0.3 is 0 Å². The Morgan fingerprint density at radius 1 is 1.19 bits per heavy atom. The van der Waals surface area contributed by atoms with E-state index in [9.17, 15) is 4.79 Å². The first-order chi connectivity index (χ1) is 12.6. The molecule has 0 radical (unpaired) electrons. The van der Waals surface area contributed by atoms with Gasteiger partial charge in [0.2, 0.25) is 0 Å². The van der Waals surface area contributed by atoms with Crippen molar-refractivity contribution in [1.82, 2.24) is 14.9 Å². The first-order valence-corrected chi connectivity index (χ1v) is 9.65. The highest BCUT2D eigenvalue weighted by Crippen LogP contribution is 2.30. The van der Waals surface area contributed by atoms with Gasteiger partial charge in [-0.15, -0.1) is 0 Å². The van der Waals surface area contributed by atoms with E-state index in [1.54, 1.807) is 0 Å². The Bertz CT molecular complexity index is 903. The van der Waals surface area contributed by atoms with Crippen molar-refractivity contribution in [3.05, 3.63) is 58.3 Å². The summed E-state index contributed by atoms with van der Waals surface area (Å²) in [6.07, 6.45) is 4.32. The third-order valence-electron chi connectivity index (χ3n) is 4.95. The Morgan fingerprint density at radius 3 is 2.65 bits per heavy atom. The molecule has 0 spiro atoms. The van der Waals surface area contributed by atoms with Gasteiger partial charge in [0.1, 0.15) is 11.5 Å². The first kappa shape index (κ1) is 17.1. The van der Waals surface area contributed by atoms with Crippen molar-refractivity contribution in [2.75, 3.05) is 18.0 Å². The minimum Gasteiger partial charge on any atom is -0.357 e. The monoisotopic (exact) mass is 412 g/mol. The molecule has 3 aromatic rings. The van der Waals surface area contributed by atoms with Gasteiger partial charge in [-0.05, 0) is 46.5 Å². The summed E-state index contributed by atoms with van der Waals surface area (Å²) in [4.78, 5) is 19.6. The lowest BCUT2D eigenvalue weighted by molar-refractivity contribution is 0.0942. The van der Waals surface area contributed by atoms with Gasteiger partial charge in [0, 0.05) is 43.8 Å². The lowest BCUT2D eigenvalue weighted by atomic mass is 10.2. The molecule has 2 aromatic heterocycles. The minimum atomic E-state index is -0.0980. The lowest BCUT2D eigenvalue weighted by Gasteiger charge is -2.16. The molecule has 0 aliphatic carbocycles. The largest absolute Gasteiger partial charge is 0.357 e. The highest BCUT2D eigenvalue weighted by atomic mass is 79.9. The second kappa shape index (κ2) is 7.11. The number of amides is 1. The van der Waals surface area contributed by atoms with E-state index in [4.69, 9.17) is 0 Å². The molecule has 0 unspecified atom stereocenters. The molecule has 1 amide bonds. The fraction of sp³-hybridized carbons (Fsp3) is 0.300. The van der Waals surface area contributed by atoms with Crippen LogP contribution in [0.2, 0.25) is 0 Å². The molecule has 1 aliphatic rings. The van der Waals surface area contributed by atoms with Crippen LogP contribution < -0.4 is 10.2 Å². The first-order valence-electron chi connectivity index (χ1n) is 8.86. The zero-order valence-electron chi connectivity index (χ0n) is 14.7. The predicted molar refractivity (Wildman–Crippen MR) is 107 cm³/mol. The molecule has 1 aromatic carbocycles. The van der Waals surface area contributed by atoms with Crippen molar-refractivity contribution in [3.8, 4) is 0 Å². The average molecular weight is 413 g/mol. The molecule has 134 valence electrons. The van der Waals surface area contributed by atoms with Crippen LogP contribution in [0.5, 0.6) is 0 Å². The summed E-state index contributed by atoms with van der Waals surface area (Å²) >= 11 is 3.58. The molecular formula is C20H21BrN4O. The van der Waals surface area contributed by atoms with Crippen molar-refractivity contribution < 1.29 is 4.79 Å². The van der Waals surface area contributed by atoms with Gasteiger partial charge in [-0.2, -0.15) is 0 Å². The molecule has 1 aliphatic heterocycles. The summed E-state index contributed by atoms with van der Waals surface area (Å²) < 4.78 is 2.75. The van der Waals surface area contributed by atoms with Crippen LogP contribution in [0.3, 0.4) is 0 Å². The Balaban J connectivity index is 1.47. The number of halogens is 1. The fourth-order valence-corrected chi connectivity index (χ4v) is 4.30. The number of carbonyl (C=O) groups is 1. The predicted octanol–water partition coefficient (Wildman–Crippen LogP) is 3.87. The van der Waals surface area contributed by atoms with E-state index in [-0.39, 0.29) is 5.91 Å². The number of hydrogen-bond donors (Lipinski definition) is 1. The van der Waals surface area contributed by atoms with Crippen molar-refractivity contribution in [3.63, 3.8) is 0 Å². The molecule has 3 heterocycles. The maximum Gasteiger partial charge on any atom is 0.269 e. The zero-order chi connectivity index (χ0) is 18.1. The third kappa shape index (κ3) is 3.09. The van der Waals surface area contributed by atoms with Crippen LogP contribution in [-0.4, -0.2) is 28.5 Å². The maximum absolute atomic E-state index is 12.7. The van der Waals surface area contributed by atoms with E-state index in [1.165, 1.54) is 12.8 Å². The van der Waals surface area contributed by atoms with Crippen molar-refractivity contribution >= 4 is 38.6 Å². The molecule has 5 nitrogen and oxygen atoms in total. The fourth-order valence-electron chi connectivity index (χ4n) is 3.52. The number of benzene rings is 1. The Hall–Kier alpha value is -2.34. The molecular weight excluding hydrogens is 392 g/mol. The molecule has 4 rings (SSSR count). The van der Waals surface area contributed by atoms with Crippen LogP contribution in [0, 0.1) is 0 Å². The number of para-hydroxylation sites is 1. The van der Waals surface area contributed by atoms with Crippen molar-refractivity contribution in [2.45, 2.75) is 19.4 Å². The van der Waals surface area contributed by atoms with Crippen LogP contribution in [-0.2, 0) is 13.6 Å². The number of rotatable bonds is 4. The molecule has 26 heavy (non-hydrogen) atoms. The van der Waals surface area contributed by atoms with Crippen LogP contribution in [0.15, 0.2) is 47.1 Å². The summed E-state index contributed by atoms with van der Waals surface area (Å²) in [5, 5.41) is 4.04. The Morgan fingerprint density at radius 2 is 1.96 bits per heavy atom. The third-order valence-corrected chi connectivity index (χ3v) is 5.76. The standard InChI is InChI=1S/C20H21BrN4O/c1-24-16-7-3-2-6-15(16)18(21)19(24)20(26)23-13-14-8-9-17(22-12-14)25-10-4-5-11-25/h2-3,6-9,12H,4-5,10-11,13H2,1H3,(H,23,26). The number of carbonyl (C=O) groups excluding carboxylic acids is 1. The quantitative estimate of drug-likeness (QED) is 0.707. The highest BCUT2D eigenvalue weighted by molar-refractivity contribution is 9.10. The van der Waals surface area contributed by atoms with Crippen molar-refractivity contribution in [1.29, 1.82) is 0 Å². The molecule has 0 bridgehead atoms. The second-order valence-electron chi connectivity index (χ2n) is 6.64. The number of nitrogens with one attached hydrogen (secondary N) is 1. The number of anilines is 1. The number of aromatic nitrogens is 2. The van der Waals surface area contributed by atoms with Gasteiger partial charge < -0.3 is 14.8 Å². The molecule has 0 saturated carbocycles. The van der Waals surface area contributed by atoms with E-state index in [2.05, 4.69) is 31.1 Å². The van der Waals surface area contributed by atoms with Gasteiger partial charge in [-0.25, -0.2) is 4.98 Å². The van der Waals surface area contributed by atoms with Gasteiger partial charge in [0.15, 0.2) is 0 Å². The van der Waals surface area contributed by atoms with Crippen molar-refractivity contribution in [2.24, 2.45) is 7.05 Å². The number of aryl methyl sites for hydroxylation is 1. The maximum atomic E-state index is 12.7. The van der Waals surface area contributed by atoms with E-state index >= 15 is 0 Å². The molecule has 1 N–H and O–H groups in total. The molecule has 1 fully saturated rings. The van der Waals surface area contributed by atoms with Crippen LogP contribution in [0.25, 0.3) is 10.9 Å². The zero-order valence-corrected chi connectivity index (χ0v) is 16.3. The summed E-state index contributed by atoms with van der Waals surface area (Å²) in [5.74, 6) is 0.924. The van der Waals surface area contributed by atoms with Gasteiger partial charge in [0.05, 0.1) is 4.47 Å². The molecule has 6 heteroatoms. The van der Waals surface area contributed by atoms with Gasteiger partial charge in [0.25, 0.3) is 5.91 Å². The average Bonchev–Trinajstić information content (AvgIpc) is 3.29. The summed E-state index contributed by atoms with van der Waals surface area (Å²) in [7, 11) is 1.91. The van der Waals surface area contributed by atoms with Crippen LogP contribution >= 0.6 is 15.9 Å².